The lowest BCUT2D eigenvalue weighted by Gasteiger charge is -2.20. The summed E-state index contributed by atoms with van der Waals surface area (Å²) in [4.78, 5) is 10.1. The molecular formula is C9H17NO4. The van der Waals surface area contributed by atoms with Crippen molar-refractivity contribution in [3.63, 3.8) is 0 Å². The second-order valence-corrected chi connectivity index (χ2v) is 4.05. The van der Waals surface area contributed by atoms with E-state index in [0.717, 1.165) is 6.42 Å². The summed E-state index contributed by atoms with van der Waals surface area (Å²) in [5, 5.41) is 10.4. The van der Waals surface area contributed by atoms with Crippen molar-refractivity contribution >= 4 is 0 Å². The second-order valence-electron chi connectivity index (χ2n) is 4.05. The van der Waals surface area contributed by atoms with E-state index in [0.29, 0.717) is 6.61 Å². The molecule has 14 heavy (non-hydrogen) atoms. The molecule has 5 nitrogen and oxygen atoms in total. The first kappa shape index (κ1) is 11.4. The summed E-state index contributed by atoms with van der Waals surface area (Å²) in [6.45, 7) is 6.00. The highest BCUT2D eigenvalue weighted by Crippen LogP contribution is 2.28. The van der Waals surface area contributed by atoms with E-state index >= 15 is 0 Å². The van der Waals surface area contributed by atoms with Crippen molar-refractivity contribution in [3.05, 3.63) is 10.1 Å². The molecule has 5 heteroatoms. The minimum atomic E-state index is -0.589. The Bertz CT molecular complexity index is 217. The number of hydrogen-bond acceptors (Lipinski definition) is 4. The normalized spacial score (nSPS) is 27.5. The summed E-state index contributed by atoms with van der Waals surface area (Å²) >= 11 is 0. The molecule has 1 aliphatic heterocycles. The maximum Gasteiger partial charge on any atom is 0.209 e. The Morgan fingerprint density at radius 1 is 1.64 bits per heavy atom. The minimum absolute atomic E-state index is 0.0411. The highest BCUT2D eigenvalue weighted by molar-refractivity contribution is 4.76. The van der Waals surface area contributed by atoms with Crippen LogP contribution in [0.5, 0.6) is 0 Å². The van der Waals surface area contributed by atoms with Gasteiger partial charge in [0.2, 0.25) is 6.54 Å². The molecule has 2 atom stereocenters. The van der Waals surface area contributed by atoms with Crippen LogP contribution in [0.3, 0.4) is 0 Å². The summed E-state index contributed by atoms with van der Waals surface area (Å²) in [7, 11) is 0. The monoisotopic (exact) mass is 203 g/mol. The number of nitro groups is 1. The summed E-state index contributed by atoms with van der Waals surface area (Å²) in [6.07, 6.45) is 0.603. The van der Waals surface area contributed by atoms with E-state index in [-0.39, 0.29) is 23.5 Å². The molecule has 0 unspecified atom stereocenters. The van der Waals surface area contributed by atoms with Gasteiger partial charge in [0.15, 0.2) is 5.79 Å². The van der Waals surface area contributed by atoms with Gasteiger partial charge < -0.3 is 9.47 Å². The predicted octanol–water partition coefficient (Wildman–Crippen LogP) is 1.44. The average molecular weight is 203 g/mol. The molecule has 0 aliphatic carbocycles. The molecule has 0 amide bonds. The van der Waals surface area contributed by atoms with Gasteiger partial charge in [-0.05, 0) is 20.3 Å². The summed E-state index contributed by atoms with van der Waals surface area (Å²) < 4.78 is 10.9. The van der Waals surface area contributed by atoms with E-state index in [1.807, 2.05) is 20.8 Å². The van der Waals surface area contributed by atoms with E-state index in [4.69, 9.17) is 9.47 Å². The van der Waals surface area contributed by atoms with Gasteiger partial charge in [0.25, 0.3) is 0 Å². The van der Waals surface area contributed by atoms with Crippen LogP contribution in [-0.4, -0.2) is 30.0 Å². The lowest BCUT2D eigenvalue weighted by atomic mass is 10.0. The third-order valence-corrected chi connectivity index (χ3v) is 2.46. The Labute approximate surface area is 83.5 Å². The van der Waals surface area contributed by atoms with Gasteiger partial charge in [-0.15, -0.1) is 0 Å². The third-order valence-electron chi connectivity index (χ3n) is 2.46. The zero-order chi connectivity index (χ0) is 10.8. The molecule has 0 N–H and O–H groups in total. The Kier molecular flexibility index (Phi) is 3.44. The van der Waals surface area contributed by atoms with Crippen LogP contribution in [0.15, 0.2) is 0 Å². The molecule has 0 saturated carbocycles. The maximum absolute atomic E-state index is 10.4. The first-order valence-electron chi connectivity index (χ1n) is 4.88. The largest absolute Gasteiger partial charge is 0.348 e. The summed E-state index contributed by atoms with van der Waals surface area (Å²) in [5.74, 6) is -0.638. The van der Waals surface area contributed by atoms with Crippen LogP contribution < -0.4 is 0 Å². The van der Waals surface area contributed by atoms with Crippen LogP contribution in [0.2, 0.25) is 0 Å². The zero-order valence-corrected chi connectivity index (χ0v) is 8.86. The molecule has 1 aliphatic rings. The first-order chi connectivity index (χ1) is 6.44. The average Bonchev–Trinajstić information content (AvgIpc) is 2.41. The van der Waals surface area contributed by atoms with Gasteiger partial charge in [-0.2, -0.15) is 0 Å². The molecule has 0 aromatic heterocycles. The molecule has 0 aromatic rings. The molecule has 1 saturated heterocycles. The van der Waals surface area contributed by atoms with Gasteiger partial charge in [-0.25, -0.2) is 0 Å². The SMILES string of the molecule is CC[C@H](C[N+](=O)[O-])[C@H]1COC(C)(C)O1. The fourth-order valence-corrected chi connectivity index (χ4v) is 1.65. The fourth-order valence-electron chi connectivity index (χ4n) is 1.65. The molecule has 1 heterocycles. The van der Waals surface area contributed by atoms with Gasteiger partial charge in [-0.1, -0.05) is 6.92 Å². The molecule has 0 bridgehead atoms. The van der Waals surface area contributed by atoms with Crippen molar-refractivity contribution in [2.24, 2.45) is 5.92 Å². The number of ether oxygens (including phenoxy) is 2. The first-order valence-corrected chi connectivity index (χ1v) is 4.88. The Morgan fingerprint density at radius 2 is 2.29 bits per heavy atom. The number of nitrogens with zero attached hydrogens (tertiary/aromatic N) is 1. The Hall–Kier alpha value is -0.680. The van der Waals surface area contributed by atoms with E-state index in [1.165, 1.54) is 0 Å². The smallest absolute Gasteiger partial charge is 0.209 e. The summed E-state index contributed by atoms with van der Waals surface area (Å²) in [5.41, 5.74) is 0. The maximum atomic E-state index is 10.4. The van der Waals surface area contributed by atoms with Gasteiger partial charge in [0, 0.05) is 4.92 Å². The molecule has 0 aromatic carbocycles. The van der Waals surface area contributed by atoms with Crippen molar-refractivity contribution in [3.8, 4) is 0 Å². The molecule has 82 valence electrons. The number of hydrogen-bond donors (Lipinski definition) is 0. The molecular weight excluding hydrogens is 186 g/mol. The van der Waals surface area contributed by atoms with Gasteiger partial charge in [-0.3, -0.25) is 10.1 Å². The minimum Gasteiger partial charge on any atom is -0.348 e. The van der Waals surface area contributed by atoms with Crippen LogP contribution in [0.1, 0.15) is 27.2 Å². The van der Waals surface area contributed by atoms with Crippen molar-refractivity contribution in [2.75, 3.05) is 13.2 Å². The van der Waals surface area contributed by atoms with E-state index in [2.05, 4.69) is 0 Å². The predicted molar refractivity (Wildman–Crippen MR) is 50.5 cm³/mol. The van der Waals surface area contributed by atoms with Crippen LogP contribution in [0, 0.1) is 16.0 Å². The molecule has 1 rings (SSSR count). The lowest BCUT2D eigenvalue weighted by molar-refractivity contribution is -0.490. The number of rotatable bonds is 4. The topological polar surface area (TPSA) is 61.6 Å². The molecule has 0 spiro atoms. The van der Waals surface area contributed by atoms with Crippen LogP contribution in [0.4, 0.5) is 0 Å². The highest BCUT2D eigenvalue weighted by Gasteiger charge is 2.38. The van der Waals surface area contributed by atoms with Crippen molar-refractivity contribution in [1.82, 2.24) is 0 Å². The second kappa shape index (κ2) is 4.23. The third kappa shape index (κ3) is 2.92. The van der Waals surface area contributed by atoms with Gasteiger partial charge in [0.1, 0.15) is 0 Å². The van der Waals surface area contributed by atoms with Crippen LogP contribution >= 0.6 is 0 Å². The highest BCUT2D eigenvalue weighted by atomic mass is 16.7. The molecule has 1 fully saturated rings. The standard InChI is InChI=1S/C9H17NO4/c1-4-7(5-10(11)12)8-6-13-9(2,3)14-8/h7-8H,4-6H2,1-3H3/t7-,8-/m1/s1. The van der Waals surface area contributed by atoms with E-state index in [9.17, 15) is 10.1 Å². The lowest BCUT2D eigenvalue weighted by Crippen LogP contribution is -2.30. The van der Waals surface area contributed by atoms with Crippen molar-refractivity contribution < 1.29 is 14.4 Å². The van der Waals surface area contributed by atoms with E-state index in [1.54, 1.807) is 0 Å². The van der Waals surface area contributed by atoms with Crippen LogP contribution in [0.25, 0.3) is 0 Å². The zero-order valence-electron chi connectivity index (χ0n) is 8.86. The quantitative estimate of drug-likeness (QED) is 0.512. The summed E-state index contributed by atoms with van der Waals surface area (Å²) in [6, 6.07) is 0. The van der Waals surface area contributed by atoms with Crippen molar-refractivity contribution in [2.45, 2.75) is 39.1 Å². The van der Waals surface area contributed by atoms with Crippen LogP contribution in [-0.2, 0) is 9.47 Å². The van der Waals surface area contributed by atoms with Gasteiger partial charge in [0.05, 0.1) is 18.6 Å². The molecule has 0 radical (unpaired) electrons. The van der Waals surface area contributed by atoms with Gasteiger partial charge >= 0.3 is 0 Å². The Morgan fingerprint density at radius 3 is 2.64 bits per heavy atom. The van der Waals surface area contributed by atoms with Crippen molar-refractivity contribution in [1.29, 1.82) is 0 Å². The Balaban J connectivity index is 2.50. The fraction of sp³-hybridized carbons (Fsp3) is 1.00. The van der Waals surface area contributed by atoms with E-state index < -0.39 is 5.79 Å².